The summed E-state index contributed by atoms with van der Waals surface area (Å²) < 4.78 is 24.5. The summed E-state index contributed by atoms with van der Waals surface area (Å²) in [6.07, 6.45) is 1.15. The van der Waals surface area contributed by atoms with Gasteiger partial charge in [-0.1, -0.05) is 44.2 Å². The Morgan fingerprint density at radius 1 is 1.10 bits per heavy atom. The van der Waals surface area contributed by atoms with Crippen molar-refractivity contribution in [1.82, 2.24) is 0 Å². The summed E-state index contributed by atoms with van der Waals surface area (Å²) >= 11 is 0. The van der Waals surface area contributed by atoms with Gasteiger partial charge in [0.25, 0.3) is 0 Å². The molecule has 0 N–H and O–H groups in total. The Bertz CT molecular complexity index is 584. The number of quaternary nitrogens is 1. The minimum Gasteiger partial charge on any atom is -1.00 e. The first-order valence-electron chi connectivity index (χ1n) is 7.43. The largest absolute Gasteiger partial charge is 1.00 e. The summed E-state index contributed by atoms with van der Waals surface area (Å²) in [7, 11) is -2.80. The van der Waals surface area contributed by atoms with E-state index in [1.54, 1.807) is 0 Å². The van der Waals surface area contributed by atoms with Crippen molar-refractivity contribution < 1.29 is 25.3 Å². The van der Waals surface area contributed by atoms with Crippen molar-refractivity contribution in [2.24, 2.45) is 5.41 Å². The lowest BCUT2D eigenvalue weighted by molar-refractivity contribution is -0.944. The van der Waals surface area contributed by atoms with Crippen LogP contribution in [0.1, 0.15) is 31.9 Å². The number of nitrogens with zero attached hydrogens (tertiary/aromatic N) is 1. The van der Waals surface area contributed by atoms with Crippen LogP contribution < -0.4 is 12.4 Å². The molecule has 2 aliphatic rings. The van der Waals surface area contributed by atoms with Gasteiger partial charge < -0.3 is 16.9 Å². The summed E-state index contributed by atoms with van der Waals surface area (Å²) in [6, 6.07) is 11.1. The highest BCUT2D eigenvalue weighted by molar-refractivity contribution is 7.91. The fraction of sp³-hybridized carbons (Fsp3) is 0.625. The monoisotopic (exact) mass is 329 g/mol. The number of halogens is 1. The van der Waals surface area contributed by atoms with Crippen molar-refractivity contribution in [3.63, 3.8) is 0 Å². The third-order valence-corrected chi connectivity index (χ3v) is 6.64. The van der Waals surface area contributed by atoms with Gasteiger partial charge >= 0.3 is 0 Å². The highest BCUT2D eigenvalue weighted by Gasteiger charge is 2.53. The third kappa shape index (κ3) is 3.27. The number of benzene rings is 1. The topological polar surface area (TPSA) is 34.1 Å². The van der Waals surface area contributed by atoms with Gasteiger partial charge in [0.05, 0.1) is 31.1 Å². The van der Waals surface area contributed by atoms with Crippen LogP contribution in [0.2, 0.25) is 0 Å². The van der Waals surface area contributed by atoms with E-state index in [0.717, 1.165) is 30.5 Å². The molecule has 0 bridgehead atoms. The fourth-order valence-corrected chi connectivity index (χ4v) is 5.67. The number of rotatable bonds is 1. The third-order valence-electron chi connectivity index (χ3n) is 5.03. The summed E-state index contributed by atoms with van der Waals surface area (Å²) in [4.78, 5) is 0. The van der Waals surface area contributed by atoms with Gasteiger partial charge in [-0.25, -0.2) is 8.42 Å². The molecule has 0 radical (unpaired) electrons. The molecule has 0 saturated carbocycles. The van der Waals surface area contributed by atoms with Crippen molar-refractivity contribution in [2.75, 3.05) is 31.1 Å². The maximum Gasteiger partial charge on any atom is 0.161 e. The van der Waals surface area contributed by atoms with Crippen LogP contribution in [0, 0.1) is 5.41 Å². The second kappa shape index (κ2) is 5.56. The van der Waals surface area contributed by atoms with Crippen molar-refractivity contribution in [3.8, 4) is 0 Å². The van der Waals surface area contributed by atoms with E-state index < -0.39 is 9.84 Å². The standard InChI is InChI=1S/C16H24NO2S.ClH/c1-16(2)12-15(14-6-4-3-5-7-14)17(13-16)8-10-20(18,19)11-9-17;/h3-7,15H,8-13H2,1-2H3;1H/q+1;/p-1. The Morgan fingerprint density at radius 3 is 2.24 bits per heavy atom. The van der Waals surface area contributed by atoms with E-state index in [1.807, 2.05) is 0 Å². The molecule has 1 aromatic rings. The van der Waals surface area contributed by atoms with Crippen LogP contribution >= 0.6 is 0 Å². The van der Waals surface area contributed by atoms with Gasteiger partial charge in [-0.05, 0) is 0 Å². The SMILES string of the molecule is CC1(C)CC(c2ccccc2)[N+]2(CCS(=O)(=O)CC2)C1.[Cl-]. The predicted molar refractivity (Wildman–Crippen MR) is 81.1 cm³/mol. The molecule has 2 heterocycles. The molecule has 21 heavy (non-hydrogen) atoms. The summed E-state index contributed by atoms with van der Waals surface area (Å²) in [6.45, 7) is 7.30. The molecule has 3 rings (SSSR count). The van der Waals surface area contributed by atoms with Crippen LogP contribution in [0.25, 0.3) is 0 Å². The molecule has 2 fully saturated rings. The Labute approximate surface area is 134 Å². The smallest absolute Gasteiger partial charge is 0.161 e. The Morgan fingerprint density at radius 2 is 1.67 bits per heavy atom. The van der Waals surface area contributed by atoms with Crippen LogP contribution in [0.5, 0.6) is 0 Å². The zero-order valence-electron chi connectivity index (χ0n) is 12.8. The van der Waals surface area contributed by atoms with Gasteiger partial charge in [-0.2, -0.15) is 0 Å². The lowest BCUT2D eigenvalue weighted by atomic mass is 9.89. The lowest BCUT2D eigenvalue weighted by Gasteiger charge is -2.43. The number of sulfone groups is 1. The molecule has 2 saturated heterocycles. The molecule has 0 aromatic heterocycles. The molecule has 5 heteroatoms. The average molecular weight is 330 g/mol. The molecule has 1 atom stereocenters. The average Bonchev–Trinajstić information content (AvgIpc) is 2.67. The molecule has 1 unspecified atom stereocenters. The van der Waals surface area contributed by atoms with Crippen molar-refractivity contribution in [1.29, 1.82) is 0 Å². The zero-order valence-corrected chi connectivity index (χ0v) is 14.3. The minimum absolute atomic E-state index is 0. The van der Waals surface area contributed by atoms with Gasteiger partial charge in [0.15, 0.2) is 9.84 Å². The zero-order chi connectivity index (χ0) is 14.4. The van der Waals surface area contributed by atoms with Crippen molar-refractivity contribution in [3.05, 3.63) is 35.9 Å². The summed E-state index contributed by atoms with van der Waals surface area (Å²) in [5.41, 5.74) is 1.67. The first-order valence-corrected chi connectivity index (χ1v) is 9.25. The molecule has 0 aliphatic carbocycles. The van der Waals surface area contributed by atoms with Crippen molar-refractivity contribution in [2.45, 2.75) is 26.3 Å². The summed E-state index contributed by atoms with van der Waals surface area (Å²) in [5.74, 6) is 0.707. The lowest BCUT2D eigenvalue weighted by Crippen LogP contribution is -3.00. The Hall–Kier alpha value is -0.580. The molecule has 1 aromatic carbocycles. The highest BCUT2D eigenvalue weighted by Crippen LogP contribution is 2.48. The van der Waals surface area contributed by atoms with E-state index in [-0.39, 0.29) is 12.4 Å². The van der Waals surface area contributed by atoms with E-state index in [1.165, 1.54) is 5.56 Å². The minimum atomic E-state index is -2.80. The fourth-order valence-electron chi connectivity index (χ4n) is 4.18. The van der Waals surface area contributed by atoms with Crippen LogP contribution in [-0.4, -0.2) is 44.0 Å². The van der Waals surface area contributed by atoms with Crippen molar-refractivity contribution >= 4 is 9.84 Å². The van der Waals surface area contributed by atoms with Gasteiger partial charge in [0.2, 0.25) is 0 Å². The van der Waals surface area contributed by atoms with E-state index in [0.29, 0.717) is 23.0 Å². The maximum absolute atomic E-state index is 11.8. The molecular weight excluding hydrogens is 306 g/mol. The molecule has 2 aliphatic heterocycles. The Kier molecular flexibility index (Phi) is 4.45. The van der Waals surface area contributed by atoms with Gasteiger partial charge in [-0.15, -0.1) is 0 Å². The van der Waals surface area contributed by atoms with Gasteiger partial charge in [0.1, 0.15) is 6.04 Å². The number of hydrogen-bond acceptors (Lipinski definition) is 2. The van der Waals surface area contributed by atoms with E-state index in [2.05, 4.69) is 44.2 Å². The molecular formula is C16H24ClNO2S. The number of hydrogen-bond donors (Lipinski definition) is 0. The molecule has 3 nitrogen and oxygen atoms in total. The molecule has 1 spiro atoms. The molecule has 0 amide bonds. The normalized spacial score (nSPS) is 29.0. The van der Waals surface area contributed by atoms with Crippen LogP contribution in [0.3, 0.4) is 0 Å². The predicted octanol–water partition coefficient (Wildman–Crippen LogP) is -0.593. The van der Waals surface area contributed by atoms with E-state index >= 15 is 0 Å². The summed E-state index contributed by atoms with van der Waals surface area (Å²) in [5, 5.41) is 0. The molecule has 118 valence electrons. The quantitative estimate of drug-likeness (QED) is 0.645. The maximum atomic E-state index is 11.8. The first-order chi connectivity index (χ1) is 9.32. The van der Waals surface area contributed by atoms with E-state index in [9.17, 15) is 8.42 Å². The van der Waals surface area contributed by atoms with Crippen LogP contribution in [0.15, 0.2) is 30.3 Å². The second-order valence-corrected chi connectivity index (χ2v) is 9.57. The van der Waals surface area contributed by atoms with Crippen LogP contribution in [-0.2, 0) is 9.84 Å². The van der Waals surface area contributed by atoms with Gasteiger partial charge in [-0.3, -0.25) is 0 Å². The Balaban J connectivity index is 0.00000161. The highest BCUT2D eigenvalue weighted by atomic mass is 35.5. The van der Waals surface area contributed by atoms with Gasteiger partial charge in [0, 0.05) is 17.4 Å². The first kappa shape index (κ1) is 16.8. The van der Waals surface area contributed by atoms with Crippen LogP contribution in [0.4, 0.5) is 0 Å². The van der Waals surface area contributed by atoms with E-state index in [4.69, 9.17) is 0 Å². The second-order valence-electron chi connectivity index (χ2n) is 7.27.